The molecule has 3 rings (SSSR count). The zero-order valence-electron chi connectivity index (χ0n) is 11.2. The molecule has 1 aliphatic rings. The lowest BCUT2D eigenvalue weighted by Gasteiger charge is -2.25. The summed E-state index contributed by atoms with van der Waals surface area (Å²) in [6.45, 7) is 1.80. The number of phenolic OH excluding ortho intramolecular Hbond substituents is 1. The van der Waals surface area contributed by atoms with Crippen molar-refractivity contribution >= 4 is 10.8 Å². The zero-order valence-corrected chi connectivity index (χ0v) is 11.2. The van der Waals surface area contributed by atoms with Gasteiger partial charge in [0.25, 0.3) is 0 Å². The Hall–Kier alpha value is -1.54. The predicted molar refractivity (Wildman–Crippen MR) is 79.3 cm³/mol. The van der Waals surface area contributed by atoms with E-state index in [2.05, 4.69) is 17.4 Å². The molecular weight excluding hydrogens is 234 g/mol. The number of rotatable bonds is 5. The number of aromatic hydroxyl groups is 1. The fourth-order valence-electron chi connectivity index (χ4n) is 2.81. The van der Waals surface area contributed by atoms with Crippen LogP contribution in [0.4, 0.5) is 0 Å². The fraction of sp³-hybridized carbons (Fsp3) is 0.412. The summed E-state index contributed by atoms with van der Waals surface area (Å²) in [5.41, 5.74) is 1.02. The second-order valence-electron chi connectivity index (χ2n) is 5.55. The van der Waals surface area contributed by atoms with Gasteiger partial charge in [-0.15, -0.1) is 0 Å². The van der Waals surface area contributed by atoms with Crippen LogP contribution in [0.25, 0.3) is 10.8 Å². The van der Waals surface area contributed by atoms with Crippen molar-refractivity contribution in [2.75, 3.05) is 6.54 Å². The molecule has 0 unspecified atom stereocenters. The first-order valence-corrected chi connectivity index (χ1v) is 7.25. The second kappa shape index (κ2) is 5.62. The number of hydrogen-bond acceptors (Lipinski definition) is 2. The van der Waals surface area contributed by atoms with Crippen LogP contribution in [0.3, 0.4) is 0 Å². The van der Waals surface area contributed by atoms with E-state index in [0.717, 1.165) is 30.0 Å². The maximum atomic E-state index is 10.0. The molecule has 2 nitrogen and oxygen atoms in total. The van der Waals surface area contributed by atoms with Gasteiger partial charge in [0.2, 0.25) is 0 Å². The van der Waals surface area contributed by atoms with E-state index in [1.807, 2.05) is 18.2 Å². The highest BCUT2D eigenvalue weighted by Crippen LogP contribution is 2.29. The first-order chi connectivity index (χ1) is 9.34. The highest BCUT2D eigenvalue weighted by molar-refractivity contribution is 5.87. The summed E-state index contributed by atoms with van der Waals surface area (Å²) < 4.78 is 0. The smallest absolute Gasteiger partial charge is 0.120 e. The molecule has 0 heterocycles. The van der Waals surface area contributed by atoms with Crippen LogP contribution in [0, 0.1) is 5.92 Å². The molecule has 2 aromatic carbocycles. The Kier molecular flexibility index (Phi) is 3.69. The van der Waals surface area contributed by atoms with E-state index in [9.17, 15) is 5.11 Å². The summed E-state index contributed by atoms with van der Waals surface area (Å²) in [6.07, 6.45) is 5.49. The summed E-state index contributed by atoms with van der Waals surface area (Å²) in [5.74, 6) is 1.34. The molecule has 1 saturated carbocycles. The standard InChI is InChI=1S/C17H21NO/c19-17-9-8-14-6-1-2-7-15(14)16(17)12-18-11-10-13-4-3-5-13/h1-2,6-9,13,18-19H,3-5,10-12H2. The van der Waals surface area contributed by atoms with E-state index >= 15 is 0 Å². The van der Waals surface area contributed by atoms with Gasteiger partial charge >= 0.3 is 0 Å². The first kappa shape index (κ1) is 12.5. The van der Waals surface area contributed by atoms with Crippen molar-refractivity contribution in [1.82, 2.24) is 5.32 Å². The maximum absolute atomic E-state index is 10.0. The lowest BCUT2D eigenvalue weighted by Crippen LogP contribution is -2.21. The third-order valence-corrected chi connectivity index (χ3v) is 4.27. The molecule has 0 aromatic heterocycles. The van der Waals surface area contributed by atoms with E-state index in [1.165, 1.54) is 31.1 Å². The Morgan fingerprint density at radius 1 is 1.11 bits per heavy atom. The quantitative estimate of drug-likeness (QED) is 0.796. The largest absolute Gasteiger partial charge is 0.508 e. The molecule has 0 radical (unpaired) electrons. The Balaban J connectivity index is 1.67. The van der Waals surface area contributed by atoms with Gasteiger partial charge in [-0.2, -0.15) is 0 Å². The van der Waals surface area contributed by atoms with Gasteiger partial charge in [-0.05, 0) is 35.7 Å². The summed E-state index contributed by atoms with van der Waals surface area (Å²) in [7, 11) is 0. The van der Waals surface area contributed by atoms with Crippen LogP contribution in [0.1, 0.15) is 31.2 Å². The normalized spacial score (nSPS) is 15.6. The zero-order chi connectivity index (χ0) is 13.1. The van der Waals surface area contributed by atoms with Gasteiger partial charge in [-0.1, -0.05) is 49.6 Å². The van der Waals surface area contributed by atoms with Gasteiger partial charge in [0.1, 0.15) is 5.75 Å². The predicted octanol–water partition coefficient (Wildman–Crippen LogP) is 3.83. The average Bonchev–Trinajstić information content (AvgIpc) is 2.38. The number of phenols is 1. The van der Waals surface area contributed by atoms with Crippen molar-refractivity contribution in [3.63, 3.8) is 0 Å². The molecule has 2 heteroatoms. The van der Waals surface area contributed by atoms with Gasteiger partial charge in [0.05, 0.1) is 0 Å². The maximum Gasteiger partial charge on any atom is 0.120 e. The third-order valence-electron chi connectivity index (χ3n) is 4.27. The van der Waals surface area contributed by atoms with Gasteiger partial charge in [0.15, 0.2) is 0 Å². The fourth-order valence-corrected chi connectivity index (χ4v) is 2.81. The number of fused-ring (bicyclic) bond motifs is 1. The van der Waals surface area contributed by atoms with Crippen LogP contribution in [0.15, 0.2) is 36.4 Å². The molecule has 0 aliphatic heterocycles. The lowest BCUT2D eigenvalue weighted by molar-refractivity contribution is 0.292. The monoisotopic (exact) mass is 255 g/mol. The van der Waals surface area contributed by atoms with Gasteiger partial charge in [-0.25, -0.2) is 0 Å². The van der Waals surface area contributed by atoms with Crippen LogP contribution in [-0.4, -0.2) is 11.7 Å². The molecule has 100 valence electrons. The minimum absolute atomic E-state index is 0.398. The van der Waals surface area contributed by atoms with Crippen LogP contribution in [0.5, 0.6) is 5.75 Å². The topological polar surface area (TPSA) is 32.3 Å². The van der Waals surface area contributed by atoms with Crippen molar-refractivity contribution in [2.24, 2.45) is 5.92 Å². The molecule has 19 heavy (non-hydrogen) atoms. The van der Waals surface area contributed by atoms with Crippen molar-refractivity contribution in [1.29, 1.82) is 0 Å². The van der Waals surface area contributed by atoms with E-state index in [0.29, 0.717) is 5.75 Å². The van der Waals surface area contributed by atoms with Crippen LogP contribution >= 0.6 is 0 Å². The van der Waals surface area contributed by atoms with Crippen molar-refractivity contribution in [3.05, 3.63) is 42.0 Å². The summed E-state index contributed by atoms with van der Waals surface area (Å²) in [6, 6.07) is 12.0. The number of hydrogen-bond donors (Lipinski definition) is 2. The molecule has 2 N–H and O–H groups in total. The highest BCUT2D eigenvalue weighted by atomic mass is 16.3. The number of nitrogens with one attached hydrogen (secondary N) is 1. The molecular formula is C17H21NO. The third kappa shape index (κ3) is 2.74. The van der Waals surface area contributed by atoms with Crippen LogP contribution in [0.2, 0.25) is 0 Å². The van der Waals surface area contributed by atoms with E-state index in [4.69, 9.17) is 0 Å². The van der Waals surface area contributed by atoms with Gasteiger partial charge < -0.3 is 10.4 Å². The SMILES string of the molecule is Oc1ccc2ccccc2c1CNCCC1CCC1. The second-order valence-corrected chi connectivity index (χ2v) is 5.55. The van der Waals surface area contributed by atoms with Crippen LogP contribution < -0.4 is 5.32 Å². The van der Waals surface area contributed by atoms with Crippen molar-refractivity contribution in [2.45, 2.75) is 32.2 Å². The summed E-state index contributed by atoms with van der Waals surface area (Å²) in [4.78, 5) is 0. The Bertz CT molecular complexity index is 560. The number of benzene rings is 2. The molecule has 1 fully saturated rings. The van der Waals surface area contributed by atoms with E-state index < -0.39 is 0 Å². The average molecular weight is 255 g/mol. The minimum atomic E-state index is 0.398. The summed E-state index contributed by atoms with van der Waals surface area (Å²) >= 11 is 0. The molecule has 0 bridgehead atoms. The van der Waals surface area contributed by atoms with Crippen molar-refractivity contribution in [3.8, 4) is 5.75 Å². The lowest BCUT2D eigenvalue weighted by atomic mass is 9.83. The highest BCUT2D eigenvalue weighted by Gasteiger charge is 2.16. The molecule has 1 aliphatic carbocycles. The van der Waals surface area contributed by atoms with Crippen molar-refractivity contribution < 1.29 is 5.11 Å². The van der Waals surface area contributed by atoms with Gasteiger partial charge in [0, 0.05) is 12.1 Å². The molecule has 0 amide bonds. The van der Waals surface area contributed by atoms with Gasteiger partial charge in [-0.3, -0.25) is 0 Å². The molecule has 0 atom stereocenters. The Morgan fingerprint density at radius 3 is 2.74 bits per heavy atom. The Labute approximate surface area is 114 Å². The molecule has 0 saturated heterocycles. The van der Waals surface area contributed by atoms with E-state index in [-0.39, 0.29) is 0 Å². The molecule has 2 aromatic rings. The minimum Gasteiger partial charge on any atom is -0.508 e. The molecule has 0 spiro atoms. The summed E-state index contributed by atoms with van der Waals surface area (Å²) in [5, 5.41) is 15.9. The Morgan fingerprint density at radius 2 is 1.95 bits per heavy atom. The van der Waals surface area contributed by atoms with E-state index in [1.54, 1.807) is 6.07 Å². The van der Waals surface area contributed by atoms with Crippen LogP contribution in [-0.2, 0) is 6.54 Å². The first-order valence-electron chi connectivity index (χ1n) is 7.25.